The second kappa shape index (κ2) is 17.6. The van der Waals surface area contributed by atoms with Gasteiger partial charge in [0.15, 0.2) is 0 Å². The number of hydrogen-bond donors (Lipinski definition) is 9. The lowest BCUT2D eigenvalue weighted by Crippen LogP contribution is -2.56. The summed E-state index contributed by atoms with van der Waals surface area (Å²) in [4.78, 5) is 75.9. The van der Waals surface area contributed by atoms with Crippen molar-refractivity contribution in [3.8, 4) is 5.75 Å². The molecule has 0 saturated carbocycles. The minimum Gasteiger partial charge on any atom is -0.508 e. The molecule has 0 radical (unpaired) electrons. The summed E-state index contributed by atoms with van der Waals surface area (Å²) in [6.07, 6.45) is 8.13. The van der Waals surface area contributed by atoms with E-state index >= 15 is 0 Å². The van der Waals surface area contributed by atoms with Gasteiger partial charge in [-0.05, 0) is 72.5 Å². The quantitative estimate of drug-likeness (QED) is 0.0592. The number of aromatic hydroxyl groups is 1. The first-order valence-corrected chi connectivity index (χ1v) is 17.0. The number of aromatic amines is 2. The molecule has 15 nitrogen and oxygen atoms in total. The standard InChI is InChI=1S/C37H43N9O6/c38-12-4-3-7-33(48)44-32(17-24-20-42-29-9-8-25(47)18-27(24)29)36(51)43-21-34(49)45-31(15-22-10-13-40-14-11-22)37(52)46-30(35(39)50)16-23-19-41-28-6-2-1-5-26(23)28/h1-2,5-6,8-11,13-14,18-20,30-32,41-42,47H,3-4,7,12,15-17,21,38H2,(H2,39,50)(H,43,51)(H,44,48)(H,45,49)(H,46,52)/t30-,31+,32+/m1/s1. The van der Waals surface area contributed by atoms with E-state index in [4.69, 9.17) is 11.5 Å². The Kier molecular flexibility index (Phi) is 12.6. The Morgan fingerprint density at radius 3 is 2.12 bits per heavy atom. The Hall–Kier alpha value is -6.22. The van der Waals surface area contributed by atoms with E-state index < -0.39 is 48.3 Å². The number of nitrogens with zero attached hydrogens (tertiary/aromatic N) is 1. The van der Waals surface area contributed by atoms with Gasteiger partial charge in [-0.2, -0.15) is 0 Å². The van der Waals surface area contributed by atoms with Gasteiger partial charge < -0.3 is 47.8 Å². The number of para-hydroxylation sites is 1. The first kappa shape index (κ1) is 37.0. The topological polar surface area (TPSA) is 250 Å². The number of H-pyrrole nitrogens is 2. The number of pyridine rings is 1. The molecule has 3 heterocycles. The molecule has 5 rings (SSSR count). The van der Waals surface area contributed by atoms with Crippen LogP contribution in [-0.4, -0.2) is 80.8 Å². The number of carbonyl (C=O) groups is 5. The molecular formula is C37H43N9O6. The maximum Gasteiger partial charge on any atom is 0.243 e. The summed E-state index contributed by atoms with van der Waals surface area (Å²) < 4.78 is 0. The molecule has 272 valence electrons. The largest absolute Gasteiger partial charge is 0.508 e. The molecule has 0 saturated heterocycles. The molecule has 0 spiro atoms. The predicted octanol–water partition coefficient (Wildman–Crippen LogP) is 0.963. The van der Waals surface area contributed by atoms with Gasteiger partial charge in [-0.15, -0.1) is 0 Å². The van der Waals surface area contributed by atoms with E-state index in [1.54, 1.807) is 49.1 Å². The highest BCUT2D eigenvalue weighted by atomic mass is 16.3. The van der Waals surface area contributed by atoms with Crippen molar-refractivity contribution in [2.45, 2.75) is 56.7 Å². The van der Waals surface area contributed by atoms with Gasteiger partial charge in [0.05, 0.1) is 6.54 Å². The molecule has 0 bridgehead atoms. The number of phenols is 1. The Balaban J connectivity index is 1.27. The fourth-order valence-corrected chi connectivity index (χ4v) is 5.98. The number of fused-ring (bicyclic) bond motifs is 2. The zero-order valence-corrected chi connectivity index (χ0v) is 28.5. The number of benzene rings is 2. The van der Waals surface area contributed by atoms with Gasteiger partial charge >= 0.3 is 0 Å². The number of hydrogen-bond acceptors (Lipinski definition) is 8. The van der Waals surface area contributed by atoms with Gasteiger partial charge in [0.1, 0.15) is 23.9 Å². The minimum atomic E-state index is -1.14. The van der Waals surface area contributed by atoms with E-state index in [2.05, 4.69) is 36.2 Å². The zero-order chi connectivity index (χ0) is 37.0. The van der Waals surface area contributed by atoms with E-state index in [1.165, 1.54) is 6.07 Å². The molecule has 52 heavy (non-hydrogen) atoms. The van der Waals surface area contributed by atoms with Crippen LogP contribution < -0.4 is 32.7 Å². The van der Waals surface area contributed by atoms with Crippen molar-refractivity contribution in [1.29, 1.82) is 0 Å². The third-order valence-corrected chi connectivity index (χ3v) is 8.71. The van der Waals surface area contributed by atoms with Crippen molar-refractivity contribution >= 4 is 51.3 Å². The molecule has 11 N–H and O–H groups in total. The molecule has 0 aliphatic rings. The Bertz CT molecular complexity index is 2030. The van der Waals surface area contributed by atoms with E-state index in [1.807, 2.05) is 24.3 Å². The van der Waals surface area contributed by atoms with Crippen LogP contribution in [0.4, 0.5) is 0 Å². The number of nitrogens with two attached hydrogens (primary N) is 2. The number of aromatic nitrogens is 3. The summed E-state index contributed by atoms with van der Waals surface area (Å²) in [5.74, 6) is -3.01. The average Bonchev–Trinajstić information content (AvgIpc) is 3.73. The van der Waals surface area contributed by atoms with Crippen LogP contribution in [0.15, 0.2) is 79.4 Å². The molecule has 0 fully saturated rings. The minimum absolute atomic E-state index is 0.0438. The van der Waals surface area contributed by atoms with Gasteiger partial charge in [0.25, 0.3) is 0 Å². The smallest absolute Gasteiger partial charge is 0.243 e. The molecule has 5 aromatic rings. The number of phenolic OH excluding ortho intramolecular Hbond substituents is 1. The maximum atomic E-state index is 13.7. The third-order valence-electron chi connectivity index (χ3n) is 8.71. The normalized spacial score (nSPS) is 12.9. The van der Waals surface area contributed by atoms with Crippen LogP contribution >= 0.6 is 0 Å². The lowest BCUT2D eigenvalue weighted by Gasteiger charge is -2.23. The highest BCUT2D eigenvalue weighted by Crippen LogP contribution is 2.24. The van der Waals surface area contributed by atoms with Crippen molar-refractivity contribution in [3.63, 3.8) is 0 Å². The molecule has 0 aliphatic carbocycles. The Morgan fingerprint density at radius 2 is 1.38 bits per heavy atom. The lowest BCUT2D eigenvalue weighted by molar-refractivity contribution is -0.132. The summed E-state index contributed by atoms with van der Waals surface area (Å²) in [7, 11) is 0. The van der Waals surface area contributed by atoms with E-state index in [0.717, 1.165) is 22.0 Å². The Morgan fingerprint density at radius 1 is 0.731 bits per heavy atom. The first-order chi connectivity index (χ1) is 25.1. The van der Waals surface area contributed by atoms with Gasteiger partial charge in [0.2, 0.25) is 29.5 Å². The number of nitrogens with one attached hydrogen (secondary N) is 6. The van der Waals surface area contributed by atoms with Crippen molar-refractivity contribution < 1.29 is 29.1 Å². The highest BCUT2D eigenvalue weighted by Gasteiger charge is 2.28. The molecule has 15 heteroatoms. The second-order valence-corrected chi connectivity index (χ2v) is 12.5. The number of unbranched alkanes of at least 4 members (excludes halogenated alkanes) is 1. The molecular weight excluding hydrogens is 666 g/mol. The van der Waals surface area contributed by atoms with E-state index in [0.29, 0.717) is 35.9 Å². The van der Waals surface area contributed by atoms with Crippen molar-refractivity contribution in [3.05, 3.63) is 96.1 Å². The van der Waals surface area contributed by atoms with Crippen LogP contribution in [0.1, 0.15) is 36.0 Å². The maximum absolute atomic E-state index is 13.7. The fourth-order valence-electron chi connectivity index (χ4n) is 5.98. The van der Waals surface area contributed by atoms with E-state index in [-0.39, 0.29) is 37.3 Å². The Labute approximate surface area is 299 Å². The highest BCUT2D eigenvalue weighted by molar-refractivity contribution is 5.95. The van der Waals surface area contributed by atoms with Gasteiger partial charge in [-0.3, -0.25) is 29.0 Å². The van der Waals surface area contributed by atoms with Gasteiger partial charge in [-0.1, -0.05) is 18.2 Å². The van der Waals surface area contributed by atoms with Gasteiger partial charge in [-0.25, -0.2) is 0 Å². The molecule has 0 unspecified atom stereocenters. The molecule has 2 aromatic carbocycles. The monoisotopic (exact) mass is 709 g/mol. The summed E-state index contributed by atoms with van der Waals surface area (Å²) >= 11 is 0. The van der Waals surface area contributed by atoms with Crippen LogP contribution in [0.5, 0.6) is 5.75 Å². The van der Waals surface area contributed by atoms with Crippen molar-refractivity contribution in [1.82, 2.24) is 36.2 Å². The van der Waals surface area contributed by atoms with Crippen LogP contribution in [0.2, 0.25) is 0 Å². The molecule has 5 amide bonds. The number of amides is 5. The van der Waals surface area contributed by atoms with Crippen molar-refractivity contribution in [2.24, 2.45) is 11.5 Å². The third kappa shape index (κ3) is 9.94. The molecule has 3 aromatic heterocycles. The van der Waals surface area contributed by atoms with E-state index in [9.17, 15) is 29.1 Å². The fraction of sp³-hybridized carbons (Fsp3) is 0.297. The first-order valence-electron chi connectivity index (χ1n) is 17.0. The van der Waals surface area contributed by atoms with Crippen LogP contribution in [0.25, 0.3) is 21.8 Å². The van der Waals surface area contributed by atoms with Crippen LogP contribution in [0.3, 0.4) is 0 Å². The summed E-state index contributed by atoms with van der Waals surface area (Å²) in [6, 6.07) is 12.4. The lowest BCUT2D eigenvalue weighted by atomic mass is 10.0. The average molecular weight is 710 g/mol. The van der Waals surface area contributed by atoms with Crippen LogP contribution in [-0.2, 0) is 43.2 Å². The van der Waals surface area contributed by atoms with Gasteiger partial charge in [0, 0.05) is 72.3 Å². The summed E-state index contributed by atoms with van der Waals surface area (Å²) in [5.41, 5.74) is 15.0. The molecule has 0 aliphatic heterocycles. The summed E-state index contributed by atoms with van der Waals surface area (Å²) in [5, 5.41) is 22.3. The zero-order valence-electron chi connectivity index (χ0n) is 28.5. The summed E-state index contributed by atoms with van der Waals surface area (Å²) in [6.45, 7) is -0.0830. The molecule has 3 atom stereocenters. The van der Waals surface area contributed by atoms with Crippen molar-refractivity contribution in [2.75, 3.05) is 13.1 Å². The second-order valence-electron chi connectivity index (χ2n) is 12.5. The SMILES string of the molecule is NCCCCC(=O)N[C@@H](Cc1c[nH]c2ccc(O)cc12)C(=O)NCC(=O)N[C@@H](Cc1ccncc1)C(=O)N[C@H](Cc1c[nH]c2ccccc12)C(N)=O. The van der Waals surface area contributed by atoms with Crippen LogP contribution in [0, 0.1) is 0 Å². The number of rotatable bonds is 18. The predicted molar refractivity (Wildman–Crippen MR) is 195 cm³/mol. The number of primary amides is 1. The number of carbonyl (C=O) groups excluding carboxylic acids is 5.